The van der Waals surface area contributed by atoms with Crippen molar-refractivity contribution in [2.45, 2.75) is 25.1 Å². The van der Waals surface area contributed by atoms with Crippen LogP contribution in [-0.2, 0) is 9.84 Å². The highest BCUT2D eigenvalue weighted by molar-refractivity contribution is 7.91. The zero-order valence-corrected chi connectivity index (χ0v) is 8.16. The Balaban J connectivity index is 2.55. The molecule has 1 rings (SSSR count). The lowest BCUT2D eigenvalue weighted by molar-refractivity contribution is 0.543. The summed E-state index contributed by atoms with van der Waals surface area (Å²) in [6, 6.07) is 0. The molecule has 1 fully saturated rings. The first-order valence-corrected chi connectivity index (χ1v) is 6.15. The van der Waals surface area contributed by atoms with E-state index in [0.29, 0.717) is 11.5 Å². The Hall–Kier alpha value is 0.240. The summed E-state index contributed by atoms with van der Waals surface area (Å²) >= 11 is 5.93. The molecular formula is C7H13ClO2S. The van der Waals surface area contributed by atoms with Gasteiger partial charge in [0.25, 0.3) is 0 Å². The smallest absolute Gasteiger partial charge is 0.150 e. The fourth-order valence-corrected chi connectivity index (χ4v) is 3.64. The number of rotatable bonds is 2. The van der Waals surface area contributed by atoms with Crippen LogP contribution in [-0.4, -0.2) is 25.3 Å². The van der Waals surface area contributed by atoms with E-state index >= 15 is 0 Å². The van der Waals surface area contributed by atoms with Gasteiger partial charge in [0.15, 0.2) is 9.84 Å². The quantitative estimate of drug-likeness (QED) is 0.627. The lowest BCUT2D eigenvalue weighted by Crippen LogP contribution is -2.15. The van der Waals surface area contributed by atoms with Gasteiger partial charge in [0.1, 0.15) is 0 Å². The van der Waals surface area contributed by atoms with Gasteiger partial charge in [0.2, 0.25) is 0 Å². The molecule has 0 aromatic rings. The molecule has 1 aliphatic rings. The molecule has 2 nitrogen and oxygen atoms in total. The van der Waals surface area contributed by atoms with Crippen LogP contribution in [0.3, 0.4) is 0 Å². The van der Waals surface area contributed by atoms with Crippen molar-refractivity contribution in [3.63, 3.8) is 0 Å². The molecule has 2 atom stereocenters. The van der Waals surface area contributed by atoms with Gasteiger partial charge in [-0.2, -0.15) is 0 Å². The fourth-order valence-electron chi connectivity index (χ4n) is 1.44. The number of hydrogen-bond donors (Lipinski definition) is 0. The highest BCUT2D eigenvalue weighted by Crippen LogP contribution is 2.26. The largest absolute Gasteiger partial charge is 0.229 e. The van der Waals surface area contributed by atoms with E-state index in [1.807, 2.05) is 6.92 Å². The van der Waals surface area contributed by atoms with Crippen molar-refractivity contribution in [2.75, 3.05) is 11.5 Å². The first-order chi connectivity index (χ1) is 5.05. The van der Waals surface area contributed by atoms with Crippen molar-refractivity contribution in [1.29, 1.82) is 0 Å². The first-order valence-electron chi connectivity index (χ1n) is 3.89. The first kappa shape index (κ1) is 9.33. The summed E-state index contributed by atoms with van der Waals surface area (Å²) < 4.78 is 22.0. The average Bonchev–Trinajstić information content (AvgIpc) is 2.29. The van der Waals surface area contributed by atoms with Crippen LogP contribution in [0.4, 0.5) is 0 Å². The number of hydrogen-bond acceptors (Lipinski definition) is 2. The van der Waals surface area contributed by atoms with E-state index in [4.69, 9.17) is 11.6 Å². The summed E-state index contributed by atoms with van der Waals surface area (Å²) in [5.41, 5.74) is 0. The van der Waals surface area contributed by atoms with Gasteiger partial charge in [0, 0.05) is 5.38 Å². The zero-order valence-electron chi connectivity index (χ0n) is 6.59. The Bertz CT molecular complexity index is 223. The topological polar surface area (TPSA) is 34.1 Å². The van der Waals surface area contributed by atoms with Crippen molar-refractivity contribution in [2.24, 2.45) is 5.92 Å². The lowest BCUT2D eigenvalue weighted by atomic mass is 10.0. The minimum atomic E-state index is -2.74. The van der Waals surface area contributed by atoms with E-state index in [-0.39, 0.29) is 11.3 Å². The molecule has 0 bridgehead atoms. The minimum absolute atomic E-state index is 0.0484. The molecule has 0 N–H and O–H groups in total. The maximum atomic E-state index is 11.0. The molecule has 0 radical (unpaired) electrons. The molecular weight excluding hydrogens is 184 g/mol. The molecule has 11 heavy (non-hydrogen) atoms. The molecule has 1 aliphatic heterocycles. The number of alkyl halides is 1. The number of halogens is 1. The van der Waals surface area contributed by atoms with Crippen molar-refractivity contribution in [1.82, 2.24) is 0 Å². The molecule has 0 amide bonds. The Morgan fingerprint density at radius 3 is 2.64 bits per heavy atom. The highest BCUT2D eigenvalue weighted by Gasteiger charge is 2.31. The van der Waals surface area contributed by atoms with Crippen LogP contribution in [0.1, 0.15) is 19.8 Å². The Labute approximate surface area is 72.9 Å². The molecule has 1 saturated heterocycles. The average molecular weight is 197 g/mol. The van der Waals surface area contributed by atoms with Crippen LogP contribution >= 0.6 is 11.6 Å². The second-order valence-electron chi connectivity index (χ2n) is 3.09. The molecule has 2 unspecified atom stereocenters. The van der Waals surface area contributed by atoms with E-state index in [1.54, 1.807) is 0 Å². The fraction of sp³-hybridized carbons (Fsp3) is 1.00. The molecule has 0 aromatic heterocycles. The SMILES string of the molecule is CCC(Cl)C1CCS(=O)(=O)C1. The molecule has 4 heteroatoms. The zero-order chi connectivity index (χ0) is 8.48. The maximum Gasteiger partial charge on any atom is 0.150 e. The third-order valence-electron chi connectivity index (χ3n) is 2.17. The number of sulfone groups is 1. The summed E-state index contributed by atoms with van der Waals surface area (Å²) in [5, 5.41) is 0.0484. The Kier molecular flexibility index (Phi) is 2.81. The Morgan fingerprint density at radius 1 is 1.64 bits per heavy atom. The van der Waals surface area contributed by atoms with Crippen LogP contribution < -0.4 is 0 Å². The minimum Gasteiger partial charge on any atom is -0.229 e. The summed E-state index contributed by atoms with van der Waals surface area (Å²) in [5.74, 6) is 0.835. The third kappa shape index (κ3) is 2.34. The van der Waals surface area contributed by atoms with Gasteiger partial charge in [-0.15, -0.1) is 11.6 Å². The van der Waals surface area contributed by atoms with Gasteiger partial charge >= 0.3 is 0 Å². The van der Waals surface area contributed by atoms with Crippen LogP contribution in [0, 0.1) is 5.92 Å². The summed E-state index contributed by atoms with van der Waals surface area (Å²) in [4.78, 5) is 0. The molecule has 0 saturated carbocycles. The van der Waals surface area contributed by atoms with Crippen molar-refractivity contribution < 1.29 is 8.42 Å². The van der Waals surface area contributed by atoms with Crippen LogP contribution in [0.5, 0.6) is 0 Å². The monoisotopic (exact) mass is 196 g/mol. The van der Waals surface area contributed by atoms with E-state index < -0.39 is 9.84 Å². The highest BCUT2D eigenvalue weighted by atomic mass is 35.5. The van der Waals surface area contributed by atoms with Crippen molar-refractivity contribution in [3.05, 3.63) is 0 Å². The third-order valence-corrected chi connectivity index (χ3v) is 4.63. The van der Waals surface area contributed by atoms with Gasteiger partial charge in [-0.25, -0.2) is 8.42 Å². The van der Waals surface area contributed by atoms with Crippen LogP contribution in [0.2, 0.25) is 0 Å². The van der Waals surface area contributed by atoms with Crippen LogP contribution in [0.15, 0.2) is 0 Å². The second kappa shape index (κ2) is 3.31. The molecule has 0 aromatic carbocycles. The van der Waals surface area contributed by atoms with Gasteiger partial charge < -0.3 is 0 Å². The molecule has 1 heterocycles. The standard InChI is InChI=1S/C7H13ClO2S/c1-2-7(8)6-3-4-11(9,10)5-6/h6-7H,2-5H2,1H3. The molecule has 0 aliphatic carbocycles. The summed E-state index contributed by atoms with van der Waals surface area (Å²) in [6.45, 7) is 1.99. The van der Waals surface area contributed by atoms with Crippen LogP contribution in [0.25, 0.3) is 0 Å². The van der Waals surface area contributed by atoms with Gasteiger partial charge in [0.05, 0.1) is 11.5 Å². The maximum absolute atomic E-state index is 11.0. The van der Waals surface area contributed by atoms with Gasteiger partial charge in [-0.05, 0) is 18.8 Å². The summed E-state index contributed by atoms with van der Waals surface area (Å²) in [7, 11) is -2.74. The predicted molar refractivity (Wildman–Crippen MR) is 46.7 cm³/mol. The lowest BCUT2D eigenvalue weighted by Gasteiger charge is -2.11. The molecule has 66 valence electrons. The van der Waals surface area contributed by atoms with Crippen molar-refractivity contribution in [3.8, 4) is 0 Å². The second-order valence-corrected chi connectivity index (χ2v) is 5.88. The van der Waals surface area contributed by atoms with Gasteiger partial charge in [-0.3, -0.25) is 0 Å². The van der Waals surface area contributed by atoms with E-state index in [0.717, 1.165) is 12.8 Å². The van der Waals surface area contributed by atoms with Crippen molar-refractivity contribution >= 4 is 21.4 Å². The van der Waals surface area contributed by atoms with E-state index in [2.05, 4.69) is 0 Å². The van der Waals surface area contributed by atoms with Gasteiger partial charge in [-0.1, -0.05) is 6.92 Å². The van der Waals surface area contributed by atoms with E-state index in [9.17, 15) is 8.42 Å². The molecule has 0 spiro atoms. The Morgan fingerprint density at radius 2 is 2.27 bits per heavy atom. The van der Waals surface area contributed by atoms with E-state index in [1.165, 1.54) is 0 Å². The predicted octanol–water partition coefficient (Wildman–Crippen LogP) is 1.44. The normalized spacial score (nSPS) is 32.0. The summed E-state index contributed by atoms with van der Waals surface area (Å²) in [6.07, 6.45) is 1.62.